The number of hydrogen-bond donors (Lipinski definition) is 0. The van der Waals surface area contributed by atoms with Gasteiger partial charge in [-0.2, -0.15) is 9.97 Å². The minimum absolute atomic E-state index is 0.0936. The maximum absolute atomic E-state index is 12.4. The Balaban J connectivity index is 1.87. The number of aromatic nitrogens is 6. The van der Waals surface area contributed by atoms with Gasteiger partial charge in [0.05, 0.1) is 6.54 Å². The van der Waals surface area contributed by atoms with Gasteiger partial charge in [0, 0.05) is 20.0 Å². The number of hydrogen-bond acceptors (Lipinski definition) is 6. The lowest BCUT2D eigenvalue weighted by atomic mass is 10.4. The van der Waals surface area contributed by atoms with Gasteiger partial charge in [-0.15, -0.1) is 0 Å². The highest BCUT2D eigenvalue weighted by molar-refractivity contribution is 6.29. The van der Waals surface area contributed by atoms with Crippen LogP contribution >= 0.6 is 11.6 Å². The third-order valence-electron chi connectivity index (χ3n) is 4.01. The zero-order chi connectivity index (χ0) is 16.3. The van der Waals surface area contributed by atoms with Gasteiger partial charge >= 0.3 is 5.69 Å². The lowest BCUT2D eigenvalue weighted by molar-refractivity contribution is 0.373. The van der Waals surface area contributed by atoms with Crippen LogP contribution in [-0.2, 0) is 20.6 Å². The molecule has 0 aliphatic heterocycles. The van der Waals surface area contributed by atoms with Crippen molar-refractivity contribution < 1.29 is 4.52 Å². The van der Waals surface area contributed by atoms with Crippen molar-refractivity contribution in [2.45, 2.75) is 25.3 Å². The van der Waals surface area contributed by atoms with E-state index in [1.807, 2.05) is 0 Å². The monoisotopic (exact) mass is 336 g/mol. The summed E-state index contributed by atoms with van der Waals surface area (Å²) in [4.78, 5) is 32.8. The SMILES string of the molecule is Cn1c(=O)c2c(nc(Cl)n2Cc2noc(C3CC3)n2)n(C)c1=O. The number of aryl methyl sites for hydroxylation is 1. The molecule has 0 radical (unpaired) electrons. The molecule has 1 aliphatic carbocycles. The summed E-state index contributed by atoms with van der Waals surface area (Å²) in [6, 6.07) is 0. The van der Waals surface area contributed by atoms with Crippen molar-refractivity contribution in [3.63, 3.8) is 0 Å². The fourth-order valence-corrected chi connectivity index (χ4v) is 2.76. The first kappa shape index (κ1) is 14.2. The van der Waals surface area contributed by atoms with Gasteiger partial charge in [-0.05, 0) is 24.4 Å². The predicted octanol–water partition coefficient (Wildman–Crippen LogP) is 0.396. The lowest BCUT2D eigenvalue weighted by Crippen LogP contribution is -2.37. The van der Waals surface area contributed by atoms with Crippen molar-refractivity contribution in [3.05, 3.63) is 37.8 Å². The first-order valence-electron chi connectivity index (χ1n) is 7.11. The Kier molecular flexibility index (Phi) is 2.95. The Labute approximate surface area is 134 Å². The zero-order valence-electron chi connectivity index (χ0n) is 12.5. The van der Waals surface area contributed by atoms with Gasteiger partial charge in [-0.25, -0.2) is 4.79 Å². The molecule has 0 spiro atoms. The van der Waals surface area contributed by atoms with E-state index in [2.05, 4.69) is 15.1 Å². The summed E-state index contributed by atoms with van der Waals surface area (Å²) in [6.07, 6.45) is 2.11. The smallest absolute Gasteiger partial charge is 0.332 e. The van der Waals surface area contributed by atoms with Crippen molar-refractivity contribution in [2.24, 2.45) is 14.1 Å². The molecule has 120 valence electrons. The van der Waals surface area contributed by atoms with Gasteiger partial charge in [-0.3, -0.25) is 13.9 Å². The molecule has 1 saturated carbocycles. The van der Waals surface area contributed by atoms with Crippen LogP contribution in [0.2, 0.25) is 5.28 Å². The summed E-state index contributed by atoms with van der Waals surface area (Å²) >= 11 is 6.15. The highest BCUT2D eigenvalue weighted by Crippen LogP contribution is 2.38. The van der Waals surface area contributed by atoms with Crippen molar-refractivity contribution in [2.75, 3.05) is 0 Å². The molecule has 3 heterocycles. The summed E-state index contributed by atoms with van der Waals surface area (Å²) in [7, 11) is 2.95. The molecule has 9 nitrogen and oxygen atoms in total. The average Bonchev–Trinajstić information content (AvgIpc) is 3.20. The van der Waals surface area contributed by atoms with E-state index < -0.39 is 11.2 Å². The lowest BCUT2D eigenvalue weighted by Gasteiger charge is -2.05. The minimum Gasteiger partial charge on any atom is -0.339 e. The summed E-state index contributed by atoms with van der Waals surface area (Å²) in [5.41, 5.74) is -0.459. The molecule has 0 amide bonds. The molecule has 3 aromatic heterocycles. The maximum Gasteiger partial charge on any atom is 0.332 e. The quantitative estimate of drug-likeness (QED) is 0.641. The minimum atomic E-state index is -0.464. The van der Waals surface area contributed by atoms with E-state index in [1.54, 1.807) is 0 Å². The standard InChI is InChI=1S/C13H13ClN6O3/c1-18-9-8(11(21)19(2)13(18)22)20(12(14)16-9)5-7-15-10(23-17-7)6-3-4-6/h6H,3-5H2,1-2H3. The van der Waals surface area contributed by atoms with Crippen LogP contribution < -0.4 is 11.2 Å². The van der Waals surface area contributed by atoms with Gasteiger partial charge in [-0.1, -0.05) is 5.16 Å². The summed E-state index contributed by atoms with van der Waals surface area (Å²) in [5.74, 6) is 1.38. The van der Waals surface area contributed by atoms with Crippen molar-refractivity contribution in [3.8, 4) is 0 Å². The molecule has 0 N–H and O–H groups in total. The molecule has 0 bridgehead atoms. The normalized spacial score (nSPS) is 14.7. The van der Waals surface area contributed by atoms with Crippen LogP contribution in [0, 0.1) is 0 Å². The molecular weight excluding hydrogens is 324 g/mol. The number of nitrogens with zero attached hydrogens (tertiary/aromatic N) is 6. The average molecular weight is 337 g/mol. The largest absolute Gasteiger partial charge is 0.339 e. The molecule has 4 rings (SSSR count). The van der Waals surface area contributed by atoms with Gasteiger partial charge in [0.1, 0.15) is 0 Å². The van der Waals surface area contributed by atoms with Crippen LogP contribution in [0.5, 0.6) is 0 Å². The Morgan fingerprint density at radius 2 is 1.96 bits per heavy atom. The first-order valence-corrected chi connectivity index (χ1v) is 7.49. The van der Waals surface area contributed by atoms with Crippen LogP contribution in [0.1, 0.15) is 30.5 Å². The third-order valence-corrected chi connectivity index (χ3v) is 4.30. The Hall–Kier alpha value is -2.42. The van der Waals surface area contributed by atoms with Gasteiger partial charge in [0.15, 0.2) is 17.0 Å². The number of imidazole rings is 1. The number of halogens is 1. The molecule has 3 aromatic rings. The molecule has 0 atom stereocenters. The Bertz CT molecular complexity index is 1040. The molecule has 0 aromatic carbocycles. The number of fused-ring (bicyclic) bond motifs is 1. The van der Waals surface area contributed by atoms with E-state index in [0.29, 0.717) is 17.6 Å². The molecule has 0 saturated heterocycles. The second-order valence-corrected chi connectivity index (χ2v) is 6.01. The molecular formula is C13H13ClN6O3. The Morgan fingerprint density at radius 3 is 2.65 bits per heavy atom. The Morgan fingerprint density at radius 1 is 1.22 bits per heavy atom. The van der Waals surface area contributed by atoms with Crippen LogP contribution in [0.3, 0.4) is 0 Å². The zero-order valence-corrected chi connectivity index (χ0v) is 13.2. The second kappa shape index (κ2) is 4.79. The van der Waals surface area contributed by atoms with E-state index in [-0.39, 0.29) is 23.0 Å². The fraction of sp³-hybridized carbons (Fsp3) is 0.462. The highest BCUT2D eigenvalue weighted by atomic mass is 35.5. The van der Waals surface area contributed by atoms with Crippen molar-refractivity contribution in [1.29, 1.82) is 0 Å². The van der Waals surface area contributed by atoms with Crippen LogP contribution in [0.25, 0.3) is 11.2 Å². The van der Waals surface area contributed by atoms with Crippen LogP contribution in [-0.4, -0.2) is 28.8 Å². The summed E-state index contributed by atoms with van der Waals surface area (Å²) < 4.78 is 9.00. The fourth-order valence-electron chi connectivity index (χ4n) is 2.53. The molecule has 1 aliphatic rings. The van der Waals surface area contributed by atoms with Gasteiger partial charge < -0.3 is 9.09 Å². The molecule has 0 unspecified atom stereocenters. The van der Waals surface area contributed by atoms with Crippen LogP contribution in [0.15, 0.2) is 14.1 Å². The predicted molar refractivity (Wildman–Crippen MR) is 80.6 cm³/mol. The van der Waals surface area contributed by atoms with E-state index in [1.165, 1.54) is 23.2 Å². The van der Waals surface area contributed by atoms with Crippen LogP contribution in [0.4, 0.5) is 0 Å². The third kappa shape index (κ3) is 2.11. The first-order chi connectivity index (χ1) is 11.0. The van der Waals surface area contributed by atoms with E-state index in [4.69, 9.17) is 16.1 Å². The van der Waals surface area contributed by atoms with E-state index in [9.17, 15) is 9.59 Å². The summed E-state index contributed by atoms with van der Waals surface area (Å²) in [5, 5.41) is 4.02. The molecule has 10 heteroatoms. The van der Waals surface area contributed by atoms with Crippen molar-refractivity contribution in [1.82, 2.24) is 28.8 Å². The topological polar surface area (TPSA) is 101 Å². The maximum atomic E-state index is 12.4. The number of rotatable bonds is 3. The van der Waals surface area contributed by atoms with Gasteiger partial charge in [0.25, 0.3) is 5.56 Å². The highest BCUT2D eigenvalue weighted by Gasteiger charge is 2.30. The molecule has 1 fully saturated rings. The summed E-state index contributed by atoms with van der Waals surface area (Å²) in [6.45, 7) is 0.152. The van der Waals surface area contributed by atoms with E-state index in [0.717, 1.165) is 17.4 Å². The van der Waals surface area contributed by atoms with E-state index >= 15 is 0 Å². The second-order valence-electron chi connectivity index (χ2n) is 5.67. The van der Waals surface area contributed by atoms with Gasteiger partial charge in [0.2, 0.25) is 11.2 Å². The van der Waals surface area contributed by atoms with Crippen molar-refractivity contribution >= 4 is 22.8 Å². The molecule has 23 heavy (non-hydrogen) atoms.